The predicted molar refractivity (Wildman–Crippen MR) is 54.8 cm³/mol. The molecule has 2 N–H and O–H groups in total. The molecule has 1 heterocycles. The van der Waals surface area contributed by atoms with Crippen LogP contribution in [0.25, 0.3) is 0 Å². The van der Waals surface area contributed by atoms with Crippen molar-refractivity contribution in [3.8, 4) is 0 Å². The molecule has 0 aromatic heterocycles. The third-order valence-corrected chi connectivity index (χ3v) is 2.84. The van der Waals surface area contributed by atoms with E-state index in [9.17, 15) is 0 Å². The summed E-state index contributed by atoms with van der Waals surface area (Å²) in [5.41, 5.74) is 0. The van der Waals surface area contributed by atoms with Crippen molar-refractivity contribution in [3.63, 3.8) is 0 Å². The molecule has 1 rings (SSSR count). The van der Waals surface area contributed by atoms with Crippen LogP contribution in [0, 0.1) is 0 Å². The largest absolute Gasteiger partial charge is 0.396 e. The van der Waals surface area contributed by atoms with Crippen LogP contribution in [-0.4, -0.2) is 47.8 Å². The molecule has 2 unspecified atom stereocenters. The Kier molecular flexibility index (Phi) is 4.16. The lowest BCUT2D eigenvalue weighted by Crippen LogP contribution is -2.57. The van der Waals surface area contributed by atoms with Crippen molar-refractivity contribution in [2.75, 3.05) is 19.7 Å². The first-order valence-corrected chi connectivity index (χ1v) is 5.25. The van der Waals surface area contributed by atoms with Gasteiger partial charge in [-0.05, 0) is 27.2 Å². The summed E-state index contributed by atoms with van der Waals surface area (Å²) in [6.45, 7) is 9.12. The monoisotopic (exact) mass is 186 g/mol. The molecular weight excluding hydrogens is 164 g/mol. The lowest BCUT2D eigenvalue weighted by Gasteiger charge is -2.41. The maximum Gasteiger partial charge on any atom is 0.0446 e. The van der Waals surface area contributed by atoms with Crippen LogP contribution in [0.15, 0.2) is 0 Å². The van der Waals surface area contributed by atoms with E-state index in [0.29, 0.717) is 18.1 Å². The summed E-state index contributed by atoms with van der Waals surface area (Å²) in [5.74, 6) is 0. The van der Waals surface area contributed by atoms with E-state index < -0.39 is 0 Å². The quantitative estimate of drug-likeness (QED) is 0.671. The molecule has 0 saturated carbocycles. The molecule has 1 aliphatic heterocycles. The van der Waals surface area contributed by atoms with Gasteiger partial charge in [0.05, 0.1) is 0 Å². The van der Waals surface area contributed by atoms with Gasteiger partial charge in [-0.3, -0.25) is 4.90 Å². The van der Waals surface area contributed by atoms with E-state index in [4.69, 9.17) is 5.11 Å². The summed E-state index contributed by atoms with van der Waals surface area (Å²) in [7, 11) is 0. The highest BCUT2D eigenvalue weighted by Crippen LogP contribution is 2.11. The Morgan fingerprint density at radius 1 is 1.54 bits per heavy atom. The van der Waals surface area contributed by atoms with E-state index in [0.717, 1.165) is 19.5 Å². The molecule has 2 atom stereocenters. The lowest BCUT2D eigenvalue weighted by atomic mass is 10.1. The summed E-state index contributed by atoms with van der Waals surface area (Å²) < 4.78 is 0. The van der Waals surface area contributed by atoms with Gasteiger partial charge in [0.1, 0.15) is 0 Å². The molecule has 3 nitrogen and oxygen atoms in total. The van der Waals surface area contributed by atoms with Crippen LogP contribution >= 0.6 is 0 Å². The number of hydrogen-bond acceptors (Lipinski definition) is 3. The van der Waals surface area contributed by atoms with Gasteiger partial charge in [0.25, 0.3) is 0 Å². The first-order valence-electron chi connectivity index (χ1n) is 5.25. The van der Waals surface area contributed by atoms with Gasteiger partial charge < -0.3 is 10.4 Å². The molecule has 1 saturated heterocycles. The SMILES string of the molecule is CC(C)N1CC(CCO)NCC1C. The number of hydrogen-bond donors (Lipinski definition) is 2. The number of rotatable bonds is 3. The number of nitrogens with one attached hydrogen (secondary N) is 1. The van der Waals surface area contributed by atoms with Gasteiger partial charge in [-0.25, -0.2) is 0 Å². The zero-order chi connectivity index (χ0) is 9.84. The molecule has 0 radical (unpaired) electrons. The Hall–Kier alpha value is -0.120. The third kappa shape index (κ3) is 2.93. The van der Waals surface area contributed by atoms with Crippen LogP contribution in [0.1, 0.15) is 27.2 Å². The summed E-state index contributed by atoms with van der Waals surface area (Å²) in [4.78, 5) is 2.50. The fourth-order valence-corrected chi connectivity index (χ4v) is 2.02. The third-order valence-electron chi connectivity index (χ3n) is 2.84. The predicted octanol–water partition coefficient (Wildman–Crippen LogP) is 0.439. The molecule has 1 aliphatic rings. The minimum Gasteiger partial charge on any atom is -0.396 e. The van der Waals surface area contributed by atoms with Crippen LogP contribution in [-0.2, 0) is 0 Å². The highest BCUT2D eigenvalue weighted by molar-refractivity contribution is 4.85. The van der Waals surface area contributed by atoms with Crippen molar-refractivity contribution >= 4 is 0 Å². The Labute approximate surface area is 81.1 Å². The number of aliphatic hydroxyl groups is 1. The Bertz CT molecular complexity index is 150. The second-order valence-corrected chi connectivity index (χ2v) is 4.26. The van der Waals surface area contributed by atoms with E-state index in [1.807, 2.05) is 0 Å². The minimum absolute atomic E-state index is 0.290. The van der Waals surface area contributed by atoms with Gasteiger partial charge in [-0.2, -0.15) is 0 Å². The maximum atomic E-state index is 8.85. The van der Waals surface area contributed by atoms with Crippen molar-refractivity contribution < 1.29 is 5.11 Å². The molecule has 0 spiro atoms. The van der Waals surface area contributed by atoms with Gasteiger partial charge >= 0.3 is 0 Å². The maximum absolute atomic E-state index is 8.85. The first kappa shape index (κ1) is 11.0. The van der Waals surface area contributed by atoms with E-state index in [-0.39, 0.29) is 6.61 Å². The highest BCUT2D eigenvalue weighted by atomic mass is 16.3. The van der Waals surface area contributed by atoms with Gasteiger partial charge in [0.2, 0.25) is 0 Å². The smallest absolute Gasteiger partial charge is 0.0446 e. The summed E-state index contributed by atoms with van der Waals surface area (Å²) in [6, 6.07) is 1.71. The standard InChI is InChI=1S/C10H22N2O/c1-8(2)12-7-10(4-5-13)11-6-9(12)3/h8-11,13H,4-7H2,1-3H3. The molecule has 1 fully saturated rings. The number of piperazine rings is 1. The Balaban J connectivity index is 2.43. The van der Waals surface area contributed by atoms with Crippen LogP contribution in [0.4, 0.5) is 0 Å². The Morgan fingerprint density at radius 2 is 2.23 bits per heavy atom. The Morgan fingerprint density at radius 3 is 2.77 bits per heavy atom. The second-order valence-electron chi connectivity index (χ2n) is 4.26. The molecule has 0 bridgehead atoms. The fourth-order valence-electron chi connectivity index (χ4n) is 2.02. The fraction of sp³-hybridized carbons (Fsp3) is 1.00. The van der Waals surface area contributed by atoms with Crippen molar-refractivity contribution in [1.29, 1.82) is 0 Å². The zero-order valence-electron chi connectivity index (χ0n) is 8.95. The summed E-state index contributed by atoms with van der Waals surface area (Å²) in [5, 5.41) is 12.3. The van der Waals surface area contributed by atoms with Crippen LogP contribution in [0.3, 0.4) is 0 Å². The summed E-state index contributed by atoms with van der Waals surface area (Å²) in [6.07, 6.45) is 0.871. The molecule has 0 aromatic carbocycles. The first-order chi connectivity index (χ1) is 6.15. The topological polar surface area (TPSA) is 35.5 Å². The molecule has 78 valence electrons. The summed E-state index contributed by atoms with van der Waals surface area (Å²) >= 11 is 0. The second kappa shape index (κ2) is 4.94. The highest BCUT2D eigenvalue weighted by Gasteiger charge is 2.25. The lowest BCUT2D eigenvalue weighted by molar-refractivity contribution is 0.0969. The molecule has 0 aliphatic carbocycles. The van der Waals surface area contributed by atoms with Crippen molar-refractivity contribution in [3.05, 3.63) is 0 Å². The minimum atomic E-state index is 0.290. The van der Waals surface area contributed by atoms with E-state index in [1.165, 1.54) is 0 Å². The average molecular weight is 186 g/mol. The molecular formula is C10H22N2O. The van der Waals surface area contributed by atoms with Crippen molar-refractivity contribution in [1.82, 2.24) is 10.2 Å². The average Bonchev–Trinajstić information content (AvgIpc) is 2.08. The normalized spacial score (nSPS) is 31.2. The number of aliphatic hydroxyl groups excluding tert-OH is 1. The van der Waals surface area contributed by atoms with Crippen LogP contribution in [0.2, 0.25) is 0 Å². The molecule has 0 amide bonds. The van der Waals surface area contributed by atoms with Gasteiger partial charge in [-0.15, -0.1) is 0 Å². The van der Waals surface area contributed by atoms with E-state index in [1.54, 1.807) is 0 Å². The van der Waals surface area contributed by atoms with E-state index >= 15 is 0 Å². The van der Waals surface area contributed by atoms with Gasteiger partial charge in [0, 0.05) is 37.8 Å². The van der Waals surface area contributed by atoms with E-state index in [2.05, 4.69) is 31.0 Å². The van der Waals surface area contributed by atoms with Crippen LogP contribution in [0.5, 0.6) is 0 Å². The molecule has 13 heavy (non-hydrogen) atoms. The molecule has 3 heteroatoms. The van der Waals surface area contributed by atoms with Gasteiger partial charge in [0.15, 0.2) is 0 Å². The van der Waals surface area contributed by atoms with Crippen LogP contribution < -0.4 is 5.32 Å². The zero-order valence-corrected chi connectivity index (χ0v) is 8.95. The van der Waals surface area contributed by atoms with Crippen molar-refractivity contribution in [2.24, 2.45) is 0 Å². The molecule has 0 aromatic rings. The van der Waals surface area contributed by atoms with Crippen molar-refractivity contribution in [2.45, 2.75) is 45.3 Å². The van der Waals surface area contributed by atoms with Gasteiger partial charge in [-0.1, -0.05) is 0 Å². The number of nitrogens with zero attached hydrogens (tertiary/aromatic N) is 1.